The van der Waals surface area contributed by atoms with E-state index in [1.165, 1.54) is 53.5 Å². The lowest BCUT2D eigenvalue weighted by atomic mass is 9.93. The van der Waals surface area contributed by atoms with Gasteiger partial charge in [-0.25, -0.2) is 8.78 Å². The molecule has 8 rings (SSSR count). The standard InChI is InChI=1S/C30H37FN2O11.C16H19FN2O2.C14H19BrO9/c1-15-23(12-20-10-11-22(38-6)13-24(20)31)29(32-33(15)21-8-7-9-21)44-30-28(42-19(5)37)27(41-18(4)36)26(40-17(3)35)25(43-30)14-39-16(2)34;1-10-14(16(20)18-19(10)12-4-3-5-12)8-11-6-7-13(21-2)9-15(11)17;1-6(16)20-5-10-11(21-7(2)17)12(22-8(3)18)13(14(15)24-10)23-9(4)19/h10-11,13,21,25-28,30H,7-9,12,14H2,1-6H3;6-7,9,12H,3-5,8H2,1-2H3,(H,18,20);10-14H,5H2,1-4H3/t25-,26-,27+,28-,30+;;10-,11-,12+,13-,14+/m1.1/s1. The monoisotopic (exact) mass is 1320 g/mol. The zero-order valence-electron chi connectivity index (χ0n) is 51.4. The number of aromatic nitrogens is 4. The first-order valence-corrected chi connectivity index (χ1v) is 29.4. The van der Waals surface area contributed by atoms with Gasteiger partial charge in [-0.3, -0.25) is 57.6 Å². The van der Waals surface area contributed by atoms with Gasteiger partial charge in [-0.05, 0) is 75.6 Å². The zero-order valence-corrected chi connectivity index (χ0v) is 53.0. The number of aromatic amines is 1. The number of H-pyrrole nitrogens is 1. The highest BCUT2D eigenvalue weighted by Crippen LogP contribution is 2.39. The van der Waals surface area contributed by atoms with E-state index in [1.54, 1.807) is 24.3 Å². The van der Waals surface area contributed by atoms with Crippen molar-refractivity contribution in [2.24, 2.45) is 0 Å². The van der Waals surface area contributed by atoms with Gasteiger partial charge in [-0.1, -0.05) is 28.1 Å². The first-order valence-electron chi connectivity index (χ1n) is 28.5. The van der Waals surface area contributed by atoms with Gasteiger partial charge >= 0.3 is 47.8 Å². The molecule has 26 nitrogen and oxygen atoms in total. The Morgan fingerprint density at radius 3 is 1.39 bits per heavy atom. The summed E-state index contributed by atoms with van der Waals surface area (Å²) in [5.41, 5.74) is 3.60. The number of carbonyl (C=O) groups excluding carboxylic acids is 8. The van der Waals surface area contributed by atoms with Crippen molar-refractivity contribution >= 4 is 63.7 Å². The lowest BCUT2D eigenvalue weighted by Gasteiger charge is -2.43. The van der Waals surface area contributed by atoms with Gasteiger partial charge < -0.3 is 61.6 Å². The maximum atomic E-state index is 15.1. The summed E-state index contributed by atoms with van der Waals surface area (Å²) >= 11 is 3.18. The molecule has 4 aliphatic rings. The summed E-state index contributed by atoms with van der Waals surface area (Å²) in [4.78, 5) is 105. The fourth-order valence-electron chi connectivity index (χ4n) is 10.1. The highest BCUT2D eigenvalue weighted by Gasteiger charge is 2.54. The van der Waals surface area contributed by atoms with E-state index in [9.17, 15) is 47.5 Å². The van der Waals surface area contributed by atoms with Gasteiger partial charge in [0.05, 0.1) is 26.3 Å². The molecule has 2 aliphatic carbocycles. The van der Waals surface area contributed by atoms with Crippen molar-refractivity contribution in [3.63, 3.8) is 0 Å². The van der Waals surface area contributed by atoms with Crippen LogP contribution in [0.5, 0.6) is 17.4 Å². The maximum absolute atomic E-state index is 15.1. The Hall–Kier alpha value is -7.92. The molecule has 10 atom stereocenters. The molecule has 0 amide bonds. The molecule has 0 radical (unpaired) electrons. The molecule has 29 heteroatoms. The molecule has 2 saturated carbocycles. The van der Waals surface area contributed by atoms with Crippen molar-refractivity contribution in [3.8, 4) is 17.4 Å². The number of esters is 8. The molecule has 89 heavy (non-hydrogen) atoms. The van der Waals surface area contributed by atoms with Crippen LogP contribution in [0.15, 0.2) is 41.2 Å². The Morgan fingerprint density at radius 1 is 0.562 bits per heavy atom. The summed E-state index contributed by atoms with van der Waals surface area (Å²) in [6.45, 7) is 12.4. The Balaban J connectivity index is 0.000000235. The van der Waals surface area contributed by atoms with Crippen LogP contribution in [-0.4, -0.2) is 155 Å². The number of nitrogens with zero attached hydrogens (tertiary/aromatic N) is 3. The summed E-state index contributed by atoms with van der Waals surface area (Å²) in [7, 11) is 2.95. The number of halogens is 3. The van der Waals surface area contributed by atoms with Crippen molar-refractivity contribution in [2.45, 2.75) is 193 Å². The molecule has 0 unspecified atom stereocenters. The molecule has 1 N–H and O–H groups in total. The molecule has 4 fully saturated rings. The van der Waals surface area contributed by atoms with E-state index >= 15 is 4.39 Å². The number of rotatable bonds is 20. The number of hydrogen-bond donors (Lipinski definition) is 1. The highest BCUT2D eigenvalue weighted by molar-refractivity contribution is 9.09. The number of nitrogens with one attached hydrogen (secondary N) is 1. The van der Waals surface area contributed by atoms with Gasteiger partial charge in [0.15, 0.2) is 35.5 Å². The second-order valence-corrected chi connectivity index (χ2v) is 22.3. The Kier molecular flexibility index (Phi) is 25.2. The van der Waals surface area contributed by atoms with Crippen LogP contribution in [0.3, 0.4) is 0 Å². The van der Waals surface area contributed by atoms with E-state index in [-0.39, 0.29) is 36.3 Å². The van der Waals surface area contributed by atoms with Gasteiger partial charge in [0.1, 0.15) is 48.6 Å². The van der Waals surface area contributed by atoms with Crippen LogP contribution in [0.2, 0.25) is 0 Å². The van der Waals surface area contributed by atoms with E-state index in [0.29, 0.717) is 46.2 Å². The molecule has 0 spiro atoms. The van der Waals surface area contributed by atoms with Crippen LogP contribution in [-0.2, 0) is 98.6 Å². The van der Waals surface area contributed by atoms with E-state index in [0.717, 1.165) is 78.1 Å². The lowest BCUT2D eigenvalue weighted by molar-refractivity contribution is -0.289. The van der Waals surface area contributed by atoms with Crippen molar-refractivity contribution in [1.29, 1.82) is 0 Å². The third-order valence-corrected chi connectivity index (χ3v) is 15.5. The van der Waals surface area contributed by atoms with Crippen LogP contribution in [0.1, 0.15) is 140 Å². The number of methoxy groups -OCH3 is 2. The fourth-order valence-corrected chi connectivity index (χ4v) is 10.8. The van der Waals surface area contributed by atoms with E-state index in [4.69, 9.17) is 66.7 Å². The first kappa shape index (κ1) is 70.2. The number of alkyl halides is 1. The summed E-state index contributed by atoms with van der Waals surface area (Å²) in [5, 5.41) is 6.73. The van der Waals surface area contributed by atoms with Gasteiger partial charge in [-0.15, -0.1) is 5.10 Å². The summed E-state index contributed by atoms with van der Waals surface area (Å²) in [5.74, 6) is -5.35. The first-order chi connectivity index (χ1) is 42.1. The van der Waals surface area contributed by atoms with Gasteiger partial charge in [0, 0.05) is 103 Å². The van der Waals surface area contributed by atoms with Crippen molar-refractivity contribution in [2.75, 3.05) is 27.4 Å². The van der Waals surface area contributed by atoms with Gasteiger partial charge in [-0.2, -0.15) is 0 Å². The normalized spacial score (nSPS) is 22.9. The Bertz CT molecular complexity index is 3250. The molecular weight excluding hydrogens is 1250 g/mol. The SMILES string of the molecule is CC(=O)OC[C@H]1O[C@H](Br)[C@H](OC(C)=O)[C@@H](OC(C)=O)[C@@H]1OC(C)=O.COc1ccc(Cc2c(C)n(C3CCC3)[nH]c2=O)c(F)c1.COc1ccc(Cc2c(O[C@@H]3O[C@H](COC(C)=O)[C@@H](OC(C)=O)[C@H](OC(C)=O)[C@H]3OC(C)=O)nn(C3CCC3)c2C)c(F)c1. The quantitative estimate of drug-likeness (QED) is 0.0558. The molecule has 2 aromatic carbocycles. The summed E-state index contributed by atoms with van der Waals surface area (Å²) < 4.78 is 103. The molecule has 2 aliphatic heterocycles. The van der Waals surface area contributed by atoms with Crippen LogP contribution in [0, 0.1) is 25.5 Å². The number of ether oxygens (including phenoxy) is 13. The van der Waals surface area contributed by atoms with Crippen LogP contribution >= 0.6 is 15.9 Å². The van der Waals surface area contributed by atoms with Crippen LogP contribution < -0.4 is 19.8 Å². The summed E-state index contributed by atoms with van der Waals surface area (Å²) in [6, 6.07) is 9.77. The average Bonchev–Trinajstić information content (AvgIpc) is 1.97. The molecule has 0 bridgehead atoms. The molecule has 4 heterocycles. The minimum Gasteiger partial charge on any atom is -0.497 e. The van der Waals surface area contributed by atoms with E-state index in [2.05, 4.69) is 21.0 Å². The second kappa shape index (κ2) is 32.0. The highest BCUT2D eigenvalue weighted by atomic mass is 79.9. The zero-order chi connectivity index (χ0) is 65.6. The van der Waals surface area contributed by atoms with E-state index < -0.39 is 120 Å². The van der Waals surface area contributed by atoms with Crippen molar-refractivity contribution in [3.05, 3.63) is 92.0 Å². The van der Waals surface area contributed by atoms with E-state index in [1.807, 2.05) is 23.2 Å². The predicted molar refractivity (Wildman–Crippen MR) is 308 cm³/mol. The molecule has 4 aromatic rings. The molecular formula is C60H75BrF2N4O22. The fraction of sp³-hybridized carbons (Fsp3) is 0.567. The number of hydrogen-bond acceptors (Lipinski definition) is 23. The Morgan fingerprint density at radius 2 is 0.978 bits per heavy atom. The third-order valence-electron chi connectivity index (χ3n) is 14.8. The predicted octanol–water partition coefficient (Wildman–Crippen LogP) is 6.53. The third kappa shape index (κ3) is 19.1. The number of carbonyl (C=O) groups is 8. The van der Waals surface area contributed by atoms with Crippen LogP contribution in [0.25, 0.3) is 0 Å². The van der Waals surface area contributed by atoms with Gasteiger partial charge in [0.25, 0.3) is 5.56 Å². The van der Waals surface area contributed by atoms with Crippen molar-refractivity contribution in [1.82, 2.24) is 19.6 Å². The topological polar surface area (TPSA) is 312 Å². The molecule has 2 saturated heterocycles. The van der Waals surface area contributed by atoms with Crippen LogP contribution in [0.4, 0.5) is 8.78 Å². The molecule has 488 valence electrons. The number of benzene rings is 2. The molecule has 2 aromatic heterocycles. The second-order valence-electron chi connectivity index (χ2n) is 21.4. The Labute approximate surface area is 519 Å². The largest absolute Gasteiger partial charge is 0.497 e. The lowest BCUT2D eigenvalue weighted by Crippen LogP contribution is -2.63. The average molecular weight is 1320 g/mol. The van der Waals surface area contributed by atoms with Gasteiger partial charge in [0.2, 0.25) is 18.3 Å². The minimum absolute atomic E-state index is 0.0746. The minimum atomic E-state index is -1.47. The summed E-state index contributed by atoms with van der Waals surface area (Å²) in [6.07, 6.45) is -4.44. The smallest absolute Gasteiger partial charge is 0.303 e. The maximum Gasteiger partial charge on any atom is 0.303 e. The van der Waals surface area contributed by atoms with Crippen molar-refractivity contribution < 1.29 is 109 Å².